The molecule has 1 heterocycles. The molecule has 7 heteroatoms. The van der Waals surface area contributed by atoms with E-state index in [1.54, 1.807) is 6.07 Å². The van der Waals surface area contributed by atoms with Crippen molar-refractivity contribution in [2.75, 3.05) is 42.9 Å². The van der Waals surface area contributed by atoms with Crippen LogP contribution < -0.4 is 10.2 Å². The Hall–Kier alpha value is -2.54. The highest BCUT2D eigenvalue weighted by atomic mass is 19.4. The van der Waals surface area contributed by atoms with Gasteiger partial charge in [0.25, 0.3) is 0 Å². The lowest BCUT2D eigenvalue weighted by molar-refractivity contribution is -0.137. The second kappa shape index (κ2) is 8.22. The first-order valence-electron chi connectivity index (χ1n) is 9.24. The average Bonchev–Trinajstić information content (AvgIpc) is 2.65. The molecule has 1 aliphatic rings. The standard InChI is InChI=1S/C21H24F3N3O/c1-15-6-7-16(2)19(12-15)25-20(28)14-26-8-10-27(11-9-26)18-5-3-4-17(13-18)21(22,23)24/h3-7,12-13H,8-11,14H2,1-2H3,(H,25,28). The minimum Gasteiger partial charge on any atom is -0.369 e. The maximum atomic E-state index is 12.9. The molecule has 1 amide bonds. The normalized spacial score (nSPS) is 15.5. The van der Waals surface area contributed by atoms with Gasteiger partial charge < -0.3 is 10.2 Å². The number of carbonyl (C=O) groups is 1. The number of anilines is 2. The maximum absolute atomic E-state index is 12.9. The van der Waals surface area contributed by atoms with E-state index < -0.39 is 11.7 Å². The van der Waals surface area contributed by atoms with E-state index in [9.17, 15) is 18.0 Å². The highest BCUT2D eigenvalue weighted by Gasteiger charge is 2.31. The third kappa shape index (κ3) is 5.04. The minimum absolute atomic E-state index is 0.0822. The molecule has 3 rings (SSSR count). The summed E-state index contributed by atoms with van der Waals surface area (Å²) < 4.78 is 38.7. The second-order valence-electron chi connectivity index (χ2n) is 7.18. The van der Waals surface area contributed by atoms with Gasteiger partial charge in [0.05, 0.1) is 12.1 Å². The largest absolute Gasteiger partial charge is 0.416 e. The summed E-state index contributed by atoms with van der Waals surface area (Å²) in [5.41, 5.74) is 2.83. The average molecular weight is 391 g/mol. The van der Waals surface area contributed by atoms with Gasteiger partial charge in [0, 0.05) is 37.6 Å². The van der Waals surface area contributed by atoms with Crippen molar-refractivity contribution in [1.82, 2.24) is 4.90 Å². The summed E-state index contributed by atoms with van der Waals surface area (Å²) in [6, 6.07) is 11.3. The number of nitrogens with one attached hydrogen (secondary N) is 1. The fourth-order valence-corrected chi connectivity index (χ4v) is 3.31. The van der Waals surface area contributed by atoms with Crippen molar-refractivity contribution in [2.24, 2.45) is 0 Å². The van der Waals surface area contributed by atoms with Gasteiger partial charge in [-0.3, -0.25) is 9.69 Å². The molecule has 1 saturated heterocycles. The van der Waals surface area contributed by atoms with Gasteiger partial charge in [0.15, 0.2) is 0 Å². The summed E-state index contributed by atoms with van der Waals surface area (Å²) in [6.45, 7) is 6.60. The van der Waals surface area contributed by atoms with Gasteiger partial charge in [-0.2, -0.15) is 13.2 Å². The Kier molecular flexibility index (Phi) is 5.93. The molecule has 150 valence electrons. The molecule has 1 N–H and O–H groups in total. The highest BCUT2D eigenvalue weighted by molar-refractivity contribution is 5.93. The van der Waals surface area contributed by atoms with Crippen LogP contribution in [0.25, 0.3) is 0 Å². The second-order valence-corrected chi connectivity index (χ2v) is 7.18. The van der Waals surface area contributed by atoms with E-state index in [2.05, 4.69) is 5.32 Å². The fourth-order valence-electron chi connectivity index (χ4n) is 3.31. The Morgan fingerprint density at radius 3 is 2.43 bits per heavy atom. The Balaban J connectivity index is 1.54. The third-order valence-corrected chi connectivity index (χ3v) is 4.95. The molecule has 0 aliphatic carbocycles. The van der Waals surface area contributed by atoms with Gasteiger partial charge >= 0.3 is 6.18 Å². The molecular formula is C21H24F3N3O. The lowest BCUT2D eigenvalue weighted by Gasteiger charge is -2.36. The Labute approximate surface area is 162 Å². The van der Waals surface area contributed by atoms with E-state index in [0.717, 1.165) is 22.9 Å². The predicted octanol–water partition coefficient (Wildman–Crippen LogP) is 4.08. The van der Waals surface area contributed by atoms with Crippen LogP contribution in [-0.2, 0) is 11.0 Å². The van der Waals surface area contributed by atoms with Crippen molar-refractivity contribution >= 4 is 17.3 Å². The van der Waals surface area contributed by atoms with Crippen molar-refractivity contribution in [3.05, 3.63) is 59.2 Å². The van der Waals surface area contributed by atoms with Crippen molar-refractivity contribution in [3.8, 4) is 0 Å². The maximum Gasteiger partial charge on any atom is 0.416 e. The molecular weight excluding hydrogens is 367 g/mol. The molecule has 0 atom stereocenters. The Morgan fingerprint density at radius 1 is 1.04 bits per heavy atom. The van der Waals surface area contributed by atoms with Gasteiger partial charge in [0.1, 0.15) is 0 Å². The van der Waals surface area contributed by atoms with Crippen LogP contribution in [0.15, 0.2) is 42.5 Å². The zero-order chi connectivity index (χ0) is 20.3. The minimum atomic E-state index is -4.34. The van der Waals surface area contributed by atoms with E-state index in [0.29, 0.717) is 31.9 Å². The SMILES string of the molecule is Cc1ccc(C)c(NC(=O)CN2CCN(c3cccc(C(F)(F)F)c3)CC2)c1. The summed E-state index contributed by atoms with van der Waals surface area (Å²) in [7, 11) is 0. The number of hydrogen-bond acceptors (Lipinski definition) is 3. The van der Waals surface area contributed by atoms with Gasteiger partial charge in [-0.1, -0.05) is 18.2 Å². The molecule has 0 spiro atoms. The molecule has 4 nitrogen and oxygen atoms in total. The first-order chi connectivity index (χ1) is 13.2. The molecule has 0 aromatic heterocycles. The van der Waals surface area contributed by atoms with E-state index >= 15 is 0 Å². The first-order valence-corrected chi connectivity index (χ1v) is 9.24. The Morgan fingerprint density at radius 2 is 1.75 bits per heavy atom. The van der Waals surface area contributed by atoms with Crippen LogP contribution in [-0.4, -0.2) is 43.5 Å². The zero-order valence-electron chi connectivity index (χ0n) is 16.0. The Bertz CT molecular complexity index is 843. The van der Waals surface area contributed by atoms with Crippen LogP contribution in [0.3, 0.4) is 0 Å². The fraction of sp³-hybridized carbons (Fsp3) is 0.381. The van der Waals surface area contributed by atoms with E-state index in [1.807, 2.05) is 41.8 Å². The number of nitrogens with zero attached hydrogens (tertiary/aromatic N) is 2. The quantitative estimate of drug-likeness (QED) is 0.853. The summed E-state index contributed by atoms with van der Waals surface area (Å²) in [4.78, 5) is 16.3. The smallest absolute Gasteiger partial charge is 0.369 e. The zero-order valence-corrected chi connectivity index (χ0v) is 16.0. The molecule has 0 radical (unpaired) electrons. The monoisotopic (exact) mass is 391 g/mol. The van der Waals surface area contributed by atoms with Crippen LogP contribution >= 0.6 is 0 Å². The van der Waals surface area contributed by atoms with Crippen LogP contribution in [0.5, 0.6) is 0 Å². The third-order valence-electron chi connectivity index (χ3n) is 4.95. The van der Waals surface area contributed by atoms with E-state index in [1.165, 1.54) is 12.1 Å². The van der Waals surface area contributed by atoms with Crippen LogP contribution in [0.4, 0.5) is 24.5 Å². The van der Waals surface area contributed by atoms with Crippen molar-refractivity contribution in [1.29, 1.82) is 0 Å². The number of hydrogen-bond donors (Lipinski definition) is 1. The number of aryl methyl sites for hydroxylation is 2. The summed E-state index contributed by atoms with van der Waals surface area (Å²) in [5.74, 6) is -0.0822. The van der Waals surface area contributed by atoms with Gasteiger partial charge in [-0.05, 0) is 49.2 Å². The number of amides is 1. The van der Waals surface area contributed by atoms with Crippen LogP contribution in [0, 0.1) is 13.8 Å². The number of piperazine rings is 1. The first kappa shape index (κ1) is 20.2. The molecule has 2 aromatic carbocycles. The van der Waals surface area contributed by atoms with Gasteiger partial charge in [-0.15, -0.1) is 0 Å². The van der Waals surface area contributed by atoms with Crippen molar-refractivity contribution < 1.29 is 18.0 Å². The van der Waals surface area contributed by atoms with Gasteiger partial charge in [-0.25, -0.2) is 0 Å². The van der Waals surface area contributed by atoms with Crippen LogP contribution in [0.1, 0.15) is 16.7 Å². The predicted molar refractivity (Wildman–Crippen MR) is 105 cm³/mol. The highest BCUT2D eigenvalue weighted by Crippen LogP contribution is 2.31. The molecule has 0 bridgehead atoms. The number of benzene rings is 2. The lowest BCUT2D eigenvalue weighted by Crippen LogP contribution is -2.48. The number of rotatable bonds is 4. The molecule has 28 heavy (non-hydrogen) atoms. The van der Waals surface area contributed by atoms with Crippen LogP contribution in [0.2, 0.25) is 0 Å². The topological polar surface area (TPSA) is 35.6 Å². The van der Waals surface area contributed by atoms with Crippen molar-refractivity contribution in [3.63, 3.8) is 0 Å². The summed E-state index contributed by atoms with van der Waals surface area (Å²) in [5, 5.41) is 2.95. The number of alkyl halides is 3. The van der Waals surface area contributed by atoms with Gasteiger partial charge in [0.2, 0.25) is 5.91 Å². The van der Waals surface area contributed by atoms with E-state index in [4.69, 9.17) is 0 Å². The molecule has 0 unspecified atom stereocenters. The molecule has 0 saturated carbocycles. The van der Waals surface area contributed by atoms with E-state index in [-0.39, 0.29) is 12.5 Å². The molecule has 2 aromatic rings. The lowest BCUT2D eigenvalue weighted by atomic mass is 10.1. The number of carbonyl (C=O) groups excluding carboxylic acids is 1. The summed E-state index contributed by atoms with van der Waals surface area (Å²) >= 11 is 0. The van der Waals surface area contributed by atoms with Crippen molar-refractivity contribution in [2.45, 2.75) is 20.0 Å². The summed E-state index contributed by atoms with van der Waals surface area (Å²) in [6.07, 6.45) is -4.34. The molecule has 1 fully saturated rings. The number of halogens is 3. The molecule has 1 aliphatic heterocycles.